The fourth-order valence-corrected chi connectivity index (χ4v) is 3.48. The van der Waals surface area contributed by atoms with Crippen molar-refractivity contribution in [3.8, 4) is 17.3 Å². The Morgan fingerprint density at radius 1 is 0.892 bits per heavy atom. The SMILES string of the molecule is CC(c1nc(-c2ccccc2)nn1-c1ncccn1)N(C)C(=O)c1cc(C(F)(F)F)cc(C(F)(F)F)c1. The Labute approximate surface area is 206 Å². The van der Waals surface area contributed by atoms with Crippen LogP contribution in [0, 0.1) is 0 Å². The van der Waals surface area contributed by atoms with Gasteiger partial charge in [-0.25, -0.2) is 15.0 Å². The maximum atomic E-state index is 13.3. The first kappa shape index (κ1) is 25.8. The molecule has 0 aliphatic heterocycles. The minimum absolute atomic E-state index is 0.0320. The average molecular weight is 520 g/mol. The van der Waals surface area contributed by atoms with Crippen molar-refractivity contribution in [2.24, 2.45) is 0 Å². The number of aromatic nitrogens is 5. The van der Waals surface area contributed by atoms with Gasteiger partial charge in [0.15, 0.2) is 11.6 Å². The van der Waals surface area contributed by atoms with Crippen molar-refractivity contribution < 1.29 is 31.1 Å². The molecule has 4 aromatic rings. The van der Waals surface area contributed by atoms with E-state index in [4.69, 9.17) is 0 Å². The summed E-state index contributed by atoms with van der Waals surface area (Å²) in [6, 6.07) is 10.2. The van der Waals surface area contributed by atoms with Gasteiger partial charge < -0.3 is 4.90 Å². The molecule has 7 nitrogen and oxygen atoms in total. The summed E-state index contributed by atoms with van der Waals surface area (Å²) in [6.45, 7) is 1.51. The van der Waals surface area contributed by atoms with Crippen LogP contribution < -0.4 is 0 Å². The molecule has 0 aliphatic rings. The third kappa shape index (κ3) is 5.44. The van der Waals surface area contributed by atoms with Crippen LogP contribution in [0.1, 0.15) is 40.3 Å². The smallest absolute Gasteiger partial charge is 0.332 e. The third-order valence-electron chi connectivity index (χ3n) is 5.52. The highest BCUT2D eigenvalue weighted by Crippen LogP contribution is 2.37. The molecule has 0 fully saturated rings. The van der Waals surface area contributed by atoms with Crippen molar-refractivity contribution in [3.05, 3.63) is 89.5 Å². The van der Waals surface area contributed by atoms with Gasteiger partial charge in [0, 0.05) is 30.6 Å². The lowest BCUT2D eigenvalue weighted by atomic mass is 10.0. The molecule has 13 heteroatoms. The second-order valence-corrected chi connectivity index (χ2v) is 8.01. The predicted octanol–water partition coefficient (Wildman–Crippen LogP) is 5.60. The maximum absolute atomic E-state index is 13.3. The van der Waals surface area contributed by atoms with E-state index in [1.54, 1.807) is 36.4 Å². The normalized spacial score (nSPS) is 12.9. The fourth-order valence-electron chi connectivity index (χ4n) is 3.48. The Balaban J connectivity index is 1.76. The van der Waals surface area contributed by atoms with Crippen LogP contribution in [-0.2, 0) is 12.4 Å². The molecule has 1 unspecified atom stereocenters. The molecule has 2 aromatic carbocycles. The fraction of sp³-hybridized carbons (Fsp3) is 0.208. The molecule has 2 heterocycles. The second-order valence-electron chi connectivity index (χ2n) is 8.01. The molecule has 37 heavy (non-hydrogen) atoms. The Hall–Kier alpha value is -4.29. The van der Waals surface area contributed by atoms with E-state index >= 15 is 0 Å². The molecule has 0 radical (unpaired) electrons. The molecule has 0 spiro atoms. The first-order valence-corrected chi connectivity index (χ1v) is 10.7. The Bertz CT molecular complexity index is 1370. The van der Waals surface area contributed by atoms with Gasteiger partial charge in [0.2, 0.25) is 0 Å². The maximum Gasteiger partial charge on any atom is 0.416 e. The summed E-state index contributed by atoms with van der Waals surface area (Å²) in [5.74, 6) is -0.565. The summed E-state index contributed by atoms with van der Waals surface area (Å²) in [7, 11) is 1.24. The van der Waals surface area contributed by atoms with Crippen molar-refractivity contribution >= 4 is 5.91 Å². The van der Waals surface area contributed by atoms with Crippen LogP contribution in [0.25, 0.3) is 17.3 Å². The third-order valence-corrected chi connectivity index (χ3v) is 5.52. The van der Waals surface area contributed by atoms with Crippen molar-refractivity contribution in [2.45, 2.75) is 25.3 Å². The zero-order chi connectivity index (χ0) is 27.0. The average Bonchev–Trinajstić information content (AvgIpc) is 3.33. The standard InChI is InChI=1S/C24H18F6N6O/c1-14(35(2)21(37)16-11-17(23(25,26)27)13-18(12-16)24(28,29)30)20-33-19(15-7-4-3-5-8-15)34-36(20)22-31-9-6-10-32-22/h3-14H,1-2H3. The number of benzene rings is 2. The lowest BCUT2D eigenvalue weighted by Gasteiger charge is -2.25. The zero-order valence-electron chi connectivity index (χ0n) is 19.3. The van der Waals surface area contributed by atoms with E-state index < -0.39 is 41.0 Å². The molecule has 192 valence electrons. The van der Waals surface area contributed by atoms with Crippen LogP contribution in [0.5, 0.6) is 0 Å². The highest BCUT2D eigenvalue weighted by atomic mass is 19.4. The molecule has 1 atom stereocenters. The van der Waals surface area contributed by atoms with Gasteiger partial charge in [-0.05, 0) is 31.2 Å². The summed E-state index contributed by atoms with van der Waals surface area (Å²) >= 11 is 0. The number of rotatable bonds is 5. The number of alkyl halides is 6. The number of carbonyl (C=O) groups is 1. The van der Waals surface area contributed by atoms with Crippen molar-refractivity contribution in [3.63, 3.8) is 0 Å². The van der Waals surface area contributed by atoms with Crippen molar-refractivity contribution in [1.82, 2.24) is 29.6 Å². The van der Waals surface area contributed by atoms with E-state index in [2.05, 4.69) is 20.1 Å². The monoisotopic (exact) mass is 520 g/mol. The van der Waals surface area contributed by atoms with Gasteiger partial charge in [0.1, 0.15) is 0 Å². The lowest BCUT2D eigenvalue weighted by molar-refractivity contribution is -0.143. The van der Waals surface area contributed by atoms with Gasteiger partial charge in [-0.2, -0.15) is 31.0 Å². The number of nitrogens with zero attached hydrogens (tertiary/aromatic N) is 6. The van der Waals surface area contributed by atoms with E-state index in [1.165, 1.54) is 31.0 Å². The minimum Gasteiger partial charge on any atom is -0.332 e. The van der Waals surface area contributed by atoms with Gasteiger partial charge >= 0.3 is 12.4 Å². The van der Waals surface area contributed by atoms with Crippen LogP contribution in [0.2, 0.25) is 0 Å². The summed E-state index contributed by atoms with van der Waals surface area (Å²) < 4.78 is 81.1. The van der Waals surface area contributed by atoms with E-state index in [-0.39, 0.29) is 23.7 Å². The Morgan fingerprint density at radius 2 is 1.46 bits per heavy atom. The van der Waals surface area contributed by atoms with Crippen LogP contribution in [0.4, 0.5) is 26.3 Å². The number of hydrogen-bond donors (Lipinski definition) is 0. The Morgan fingerprint density at radius 3 is 2.00 bits per heavy atom. The number of amides is 1. The van der Waals surface area contributed by atoms with E-state index in [9.17, 15) is 31.1 Å². The molecule has 0 saturated carbocycles. The van der Waals surface area contributed by atoms with E-state index in [0.29, 0.717) is 17.7 Å². The van der Waals surface area contributed by atoms with Crippen LogP contribution in [0.3, 0.4) is 0 Å². The van der Waals surface area contributed by atoms with Crippen LogP contribution in [-0.4, -0.2) is 42.6 Å². The molecule has 0 saturated heterocycles. The van der Waals surface area contributed by atoms with Crippen molar-refractivity contribution in [1.29, 1.82) is 0 Å². The molecule has 0 N–H and O–H groups in total. The van der Waals surface area contributed by atoms with Gasteiger partial charge in [-0.1, -0.05) is 30.3 Å². The predicted molar refractivity (Wildman–Crippen MR) is 119 cm³/mol. The largest absolute Gasteiger partial charge is 0.416 e. The van der Waals surface area contributed by atoms with Gasteiger partial charge in [0.05, 0.1) is 17.2 Å². The first-order valence-electron chi connectivity index (χ1n) is 10.7. The summed E-state index contributed by atoms with van der Waals surface area (Å²) in [5.41, 5.74) is -3.31. The quantitative estimate of drug-likeness (QED) is 0.321. The number of halogens is 6. The highest BCUT2D eigenvalue weighted by molar-refractivity contribution is 5.94. The van der Waals surface area contributed by atoms with Gasteiger partial charge in [-0.15, -0.1) is 5.10 Å². The molecular formula is C24H18F6N6O. The van der Waals surface area contributed by atoms with Crippen molar-refractivity contribution in [2.75, 3.05) is 7.05 Å². The summed E-state index contributed by atoms with van der Waals surface area (Å²) in [6.07, 6.45) is -7.26. The van der Waals surface area contributed by atoms with Gasteiger partial charge in [-0.3, -0.25) is 4.79 Å². The van der Waals surface area contributed by atoms with E-state index in [1.807, 2.05) is 0 Å². The van der Waals surface area contributed by atoms with E-state index in [0.717, 1.165) is 4.90 Å². The molecular weight excluding hydrogens is 502 g/mol. The number of hydrogen-bond acceptors (Lipinski definition) is 5. The number of carbonyl (C=O) groups excluding carboxylic acids is 1. The Kier molecular flexibility index (Phi) is 6.72. The highest BCUT2D eigenvalue weighted by Gasteiger charge is 2.38. The van der Waals surface area contributed by atoms with Crippen LogP contribution >= 0.6 is 0 Å². The molecule has 0 bridgehead atoms. The van der Waals surface area contributed by atoms with Crippen LogP contribution in [0.15, 0.2) is 67.0 Å². The summed E-state index contributed by atoms with van der Waals surface area (Å²) in [4.78, 5) is 26.9. The molecule has 1 amide bonds. The molecule has 2 aromatic heterocycles. The minimum atomic E-state index is -5.09. The lowest BCUT2D eigenvalue weighted by Crippen LogP contribution is -2.32. The topological polar surface area (TPSA) is 76.8 Å². The zero-order valence-corrected chi connectivity index (χ0v) is 19.3. The van der Waals surface area contributed by atoms with Gasteiger partial charge in [0.25, 0.3) is 11.9 Å². The molecule has 0 aliphatic carbocycles. The summed E-state index contributed by atoms with van der Waals surface area (Å²) in [5, 5.41) is 4.42. The second kappa shape index (κ2) is 9.64. The molecule has 4 rings (SSSR count). The first-order chi connectivity index (χ1) is 17.4.